The molecular formula is C20H24FN5. The fourth-order valence-electron chi connectivity index (χ4n) is 3.00. The Balaban J connectivity index is 1.93. The number of anilines is 2. The van der Waals surface area contributed by atoms with E-state index < -0.39 is 5.82 Å². The quantitative estimate of drug-likeness (QED) is 0.749. The lowest BCUT2D eigenvalue weighted by Gasteiger charge is -2.10. The Morgan fingerprint density at radius 3 is 2.42 bits per heavy atom. The van der Waals surface area contributed by atoms with E-state index in [1.165, 1.54) is 6.20 Å². The van der Waals surface area contributed by atoms with E-state index in [2.05, 4.69) is 26.3 Å². The predicted octanol–water partition coefficient (Wildman–Crippen LogP) is 4.14. The zero-order valence-electron chi connectivity index (χ0n) is 15.8. The van der Waals surface area contributed by atoms with Gasteiger partial charge in [0.2, 0.25) is 5.95 Å². The summed E-state index contributed by atoms with van der Waals surface area (Å²) in [6, 6.07) is 6.11. The highest BCUT2D eigenvalue weighted by atomic mass is 19.1. The van der Waals surface area contributed by atoms with Crippen molar-refractivity contribution in [3.8, 4) is 5.82 Å². The Bertz CT molecular complexity index is 910. The van der Waals surface area contributed by atoms with Crippen molar-refractivity contribution in [2.75, 3.05) is 19.4 Å². The fraction of sp³-hybridized carbons (Fsp3) is 0.300. The first-order valence-corrected chi connectivity index (χ1v) is 8.52. The molecule has 0 aliphatic carbocycles. The number of aryl methyl sites for hydroxylation is 3. The second kappa shape index (κ2) is 7.25. The summed E-state index contributed by atoms with van der Waals surface area (Å²) in [5.74, 6) is 0.147. The number of halogens is 1. The Morgan fingerprint density at radius 2 is 1.77 bits per heavy atom. The molecule has 0 atom stereocenters. The molecule has 3 rings (SSSR count). The normalized spacial score (nSPS) is 11.2. The second-order valence-corrected chi connectivity index (χ2v) is 6.98. The average molecular weight is 353 g/mol. The molecule has 0 unspecified atom stereocenters. The van der Waals surface area contributed by atoms with Crippen molar-refractivity contribution < 1.29 is 4.39 Å². The van der Waals surface area contributed by atoms with E-state index in [-0.39, 0.29) is 5.82 Å². The van der Waals surface area contributed by atoms with E-state index in [1.807, 2.05) is 59.4 Å². The van der Waals surface area contributed by atoms with Crippen LogP contribution in [-0.4, -0.2) is 33.5 Å². The molecule has 0 bridgehead atoms. The molecule has 2 heterocycles. The number of aromatic nitrogens is 3. The summed E-state index contributed by atoms with van der Waals surface area (Å²) in [5.41, 5.74) is 5.41. The van der Waals surface area contributed by atoms with Crippen molar-refractivity contribution in [2.45, 2.75) is 27.3 Å². The van der Waals surface area contributed by atoms with Crippen molar-refractivity contribution in [3.63, 3.8) is 0 Å². The molecule has 6 heteroatoms. The summed E-state index contributed by atoms with van der Waals surface area (Å²) >= 11 is 0. The minimum Gasteiger partial charge on any atom is -0.324 e. The van der Waals surface area contributed by atoms with Gasteiger partial charge in [0.1, 0.15) is 0 Å². The van der Waals surface area contributed by atoms with Crippen molar-refractivity contribution >= 4 is 11.6 Å². The molecule has 1 N–H and O–H groups in total. The van der Waals surface area contributed by atoms with Crippen LogP contribution in [-0.2, 0) is 6.54 Å². The molecule has 0 saturated heterocycles. The summed E-state index contributed by atoms with van der Waals surface area (Å²) in [6.45, 7) is 6.87. The SMILES string of the molecule is Cc1cc(C)cc(Nc2ncc(F)c(-n3cc(C)c(CN(C)C)c3)n2)c1. The van der Waals surface area contributed by atoms with E-state index in [4.69, 9.17) is 0 Å². The van der Waals surface area contributed by atoms with Crippen molar-refractivity contribution in [3.05, 3.63) is 64.9 Å². The third-order valence-electron chi connectivity index (χ3n) is 4.07. The van der Waals surface area contributed by atoms with Crippen LogP contribution >= 0.6 is 0 Å². The topological polar surface area (TPSA) is 46.0 Å². The maximum Gasteiger partial charge on any atom is 0.229 e. The van der Waals surface area contributed by atoms with Gasteiger partial charge >= 0.3 is 0 Å². The van der Waals surface area contributed by atoms with Gasteiger partial charge in [-0.3, -0.25) is 0 Å². The first-order chi connectivity index (χ1) is 12.3. The van der Waals surface area contributed by atoms with Gasteiger partial charge in [-0.05, 0) is 69.3 Å². The highest BCUT2D eigenvalue weighted by Crippen LogP contribution is 2.21. The van der Waals surface area contributed by atoms with Crippen LogP contribution in [0.25, 0.3) is 5.82 Å². The molecule has 1 aromatic carbocycles. The van der Waals surface area contributed by atoms with Gasteiger partial charge in [0, 0.05) is 24.6 Å². The summed E-state index contributed by atoms with van der Waals surface area (Å²) in [7, 11) is 4.02. The number of hydrogen-bond acceptors (Lipinski definition) is 4. The van der Waals surface area contributed by atoms with E-state index in [1.54, 1.807) is 4.57 Å². The number of hydrogen-bond donors (Lipinski definition) is 1. The molecule has 0 aliphatic heterocycles. The van der Waals surface area contributed by atoms with E-state index in [9.17, 15) is 4.39 Å². The first-order valence-electron chi connectivity index (χ1n) is 8.52. The van der Waals surface area contributed by atoms with Crippen LogP contribution in [0.1, 0.15) is 22.3 Å². The van der Waals surface area contributed by atoms with Gasteiger partial charge in [-0.15, -0.1) is 0 Å². The maximum atomic E-state index is 14.3. The Labute approximate surface area is 153 Å². The van der Waals surface area contributed by atoms with Crippen LogP contribution in [0.3, 0.4) is 0 Å². The number of nitrogens with zero attached hydrogens (tertiary/aromatic N) is 4. The average Bonchev–Trinajstić information content (AvgIpc) is 2.88. The van der Waals surface area contributed by atoms with Crippen LogP contribution in [0.2, 0.25) is 0 Å². The Hall–Kier alpha value is -2.73. The molecule has 0 aliphatic rings. The highest BCUT2D eigenvalue weighted by molar-refractivity contribution is 5.56. The molecule has 0 spiro atoms. The number of nitrogens with one attached hydrogen (secondary N) is 1. The van der Waals surface area contributed by atoms with Crippen molar-refractivity contribution in [1.29, 1.82) is 0 Å². The van der Waals surface area contributed by atoms with Crippen LogP contribution in [0.5, 0.6) is 0 Å². The summed E-state index contributed by atoms with van der Waals surface area (Å²) < 4.78 is 16.1. The molecule has 5 nitrogen and oxygen atoms in total. The lowest BCUT2D eigenvalue weighted by Crippen LogP contribution is -2.10. The van der Waals surface area contributed by atoms with Gasteiger partial charge in [0.05, 0.1) is 6.20 Å². The minimum absolute atomic E-state index is 0.236. The Morgan fingerprint density at radius 1 is 1.08 bits per heavy atom. The second-order valence-electron chi connectivity index (χ2n) is 6.98. The van der Waals surface area contributed by atoms with Crippen LogP contribution in [0.4, 0.5) is 16.0 Å². The first kappa shape index (κ1) is 18.1. The molecule has 0 fully saturated rings. The molecule has 0 saturated carbocycles. The third kappa shape index (κ3) is 4.08. The van der Waals surface area contributed by atoms with Crippen molar-refractivity contribution in [2.24, 2.45) is 0 Å². The van der Waals surface area contributed by atoms with Gasteiger partial charge < -0.3 is 14.8 Å². The van der Waals surface area contributed by atoms with Gasteiger partial charge in [-0.25, -0.2) is 9.37 Å². The molecule has 2 aromatic heterocycles. The molecule has 0 radical (unpaired) electrons. The standard InChI is InChI=1S/C20H24FN5/c1-13-6-14(2)8-17(7-13)23-20-22-9-18(21)19(24-20)26-10-15(3)16(12-26)11-25(4)5/h6-10,12H,11H2,1-5H3,(H,22,23,24). The molecular weight excluding hydrogens is 329 g/mol. The zero-order valence-corrected chi connectivity index (χ0v) is 15.8. The number of rotatable bonds is 5. The predicted molar refractivity (Wildman–Crippen MR) is 103 cm³/mol. The molecule has 0 amide bonds. The minimum atomic E-state index is -0.456. The lowest BCUT2D eigenvalue weighted by molar-refractivity contribution is 0.401. The van der Waals surface area contributed by atoms with Crippen LogP contribution in [0.15, 0.2) is 36.8 Å². The summed E-state index contributed by atoms with van der Waals surface area (Å²) in [4.78, 5) is 10.5. The smallest absolute Gasteiger partial charge is 0.229 e. The van der Waals surface area contributed by atoms with E-state index in [0.29, 0.717) is 5.95 Å². The maximum absolute atomic E-state index is 14.3. The lowest BCUT2D eigenvalue weighted by atomic mass is 10.1. The summed E-state index contributed by atoms with van der Waals surface area (Å²) in [5, 5.41) is 3.17. The largest absolute Gasteiger partial charge is 0.324 e. The van der Waals surface area contributed by atoms with Gasteiger partial charge in [-0.1, -0.05) is 6.07 Å². The van der Waals surface area contributed by atoms with Crippen LogP contribution < -0.4 is 5.32 Å². The highest BCUT2D eigenvalue weighted by Gasteiger charge is 2.12. The third-order valence-corrected chi connectivity index (χ3v) is 4.07. The van der Waals surface area contributed by atoms with Crippen LogP contribution in [0, 0.1) is 26.6 Å². The van der Waals surface area contributed by atoms with Gasteiger partial charge in [-0.2, -0.15) is 4.98 Å². The monoisotopic (exact) mass is 353 g/mol. The van der Waals surface area contributed by atoms with Gasteiger partial charge in [0.25, 0.3) is 0 Å². The molecule has 26 heavy (non-hydrogen) atoms. The number of benzene rings is 1. The van der Waals surface area contributed by atoms with Gasteiger partial charge in [0.15, 0.2) is 11.6 Å². The van der Waals surface area contributed by atoms with E-state index in [0.717, 1.165) is 34.5 Å². The Kier molecular flexibility index (Phi) is 5.04. The zero-order chi connectivity index (χ0) is 18.8. The fourth-order valence-corrected chi connectivity index (χ4v) is 3.00. The summed E-state index contributed by atoms with van der Waals surface area (Å²) in [6.07, 6.45) is 5.01. The van der Waals surface area contributed by atoms with Crippen molar-refractivity contribution in [1.82, 2.24) is 19.4 Å². The molecule has 136 valence electrons. The van der Waals surface area contributed by atoms with E-state index >= 15 is 0 Å². The molecule has 3 aromatic rings.